The second-order valence-electron chi connectivity index (χ2n) is 9.45. The first-order valence-corrected chi connectivity index (χ1v) is 14.5. The van der Waals surface area contributed by atoms with Crippen LogP contribution >= 0.6 is 0 Å². The summed E-state index contributed by atoms with van der Waals surface area (Å²) in [6.45, 7) is 5.35. The fourth-order valence-corrected chi connectivity index (χ4v) is 6.14. The monoisotopic (exact) mass is 520 g/mol. The Morgan fingerprint density at radius 3 is 2.73 bits per heavy atom. The average Bonchev–Trinajstić information content (AvgIpc) is 3.22. The fourth-order valence-electron chi connectivity index (χ4n) is 4.82. The zero-order chi connectivity index (χ0) is 26.6. The molecule has 1 aromatic heterocycles. The SMILES string of the molecule is C=S1(=O)CCc2cn(CC)c3cc(C(=O)N[C@@H](Cc4ccccc4)[C@H](O)CNCC#CC)cc(c23)N1C. The van der Waals surface area contributed by atoms with Gasteiger partial charge in [0, 0.05) is 52.7 Å². The molecule has 0 saturated carbocycles. The molecule has 0 saturated heterocycles. The standard InChI is InChI=1S/C29H36N4O3S/c1-5-7-14-30-19-27(34)24(16-21-11-9-8-10-12-21)31-29(35)23-17-25-28-22(13-15-37(4,36)32(25)3)20-33(6-2)26(28)18-23/h8-12,17-18,20,24,27,30,34H,4,6,13-16,19H2,1-3H3,(H,31,35)/t24-,27+,37?/m0/s1. The Labute approximate surface area is 220 Å². The van der Waals surface area contributed by atoms with Gasteiger partial charge in [0.1, 0.15) is 0 Å². The third-order valence-corrected chi connectivity index (χ3v) is 9.03. The number of aryl methyl sites for hydroxylation is 2. The molecule has 0 spiro atoms. The van der Waals surface area contributed by atoms with Crippen LogP contribution in [0, 0.1) is 11.8 Å². The number of amides is 1. The number of hydrogen-bond acceptors (Lipinski definition) is 4. The first-order chi connectivity index (χ1) is 17.7. The van der Waals surface area contributed by atoms with E-state index in [4.69, 9.17) is 0 Å². The minimum Gasteiger partial charge on any atom is -0.390 e. The summed E-state index contributed by atoms with van der Waals surface area (Å²) in [5.41, 5.74) is 4.29. The maximum absolute atomic E-state index is 13.6. The van der Waals surface area contributed by atoms with Crippen LogP contribution in [-0.2, 0) is 29.1 Å². The number of nitrogens with one attached hydrogen (secondary N) is 2. The summed E-state index contributed by atoms with van der Waals surface area (Å²) >= 11 is 0. The smallest absolute Gasteiger partial charge is 0.251 e. The first kappa shape index (κ1) is 26.8. The van der Waals surface area contributed by atoms with Gasteiger partial charge in [-0.25, -0.2) is 4.21 Å². The number of carbonyl (C=O) groups is 1. The zero-order valence-electron chi connectivity index (χ0n) is 21.8. The van der Waals surface area contributed by atoms with Crippen molar-refractivity contribution in [3.8, 4) is 11.8 Å². The van der Waals surface area contributed by atoms with Crippen molar-refractivity contribution in [2.24, 2.45) is 0 Å². The van der Waals surface area contributed by atoms with Crippen molar-refractivity contribution in [3.63, 3.8) is 0 Å². The van der Waals surface area contributed by atoms with E-state index in [-0.39, 0.29) is 5.91 Å². The molecule has 0 aliphatic carbocycles. The molecule has 1 amide bonds. The Morgan fingerprint density at radius 1 is 1.27 bits per heavy atom. The highest BCUT2D eigenvalue weighted by Gasteiger charge is 2.27. The van der Waals surface area contributed by atoms with Crippen molar-refractivity contribution in [1.82, 2.24) is 15.2 Å². The van der Waals surface area contributed by atoms with E-state index in [2.05, 4.69) is 46.0 Å². The van der Waals surface area contributed by atoms with Crippen LogP contribution in [0.2, 0.25) is 0 Å². The summed E-state index contributed by atoms with van der Waals surface area (Å²) < 4.78 is 17.1. The molecule has 0 radical (unpaired) electrons. The van der Waals surface area contributed by atoms with E-state index in [1.807, 2.05) is 36.4 Å². The third kappa shape index (κ3) is 5.85. The summed E-state index contributed by atoms with van der Waals surface area (Å²) in [7, 11) is -0.714. The van der Waals surface area contributed by atoms with Gasteiger partial charge in [0.15, 0.2) is 0 Å². The van der Waals surface area contributed by atoms with Gasteiger partial charge >= 0.3 is 0 Å². The summed E-state index contributed by atoms with van der Waals surface area (Å²) in [6, 6.07) is 13.0. The van der Waals surface area contributed by atoms with Gasteiger partial charge < -0.3 is 24.6 Å². The molecule has 3 N–H and O–H groups in total. The molecular weight excluding hydrogens is 484 g/mol. The molecule has 2 aromatic carbocycles. The van der Waals surface area contributed by atoms with Crippen molar-refractivity contribution in [2.45, 2.75) is 45.4 Å². The van der Waals surface area contributed by atoms with Crippen LogP contribution in [0.5, 0.6) is 0 Å². The number of benzene rings is 2. The van der Waals surface area contributed by atoms with E-state index in [0.717, 1.165) is 34.3 Å². The molecule has 37 heavy (non-hydrogen) atoms. The van der Waals surface area contributed by atoms with E-state index >= 15 is 0 Å². The Balaban J connectivity index is 1.68. The summed E-state index contributed by atoms with van der Waals surface area (Å²) in [4.78, 5) is 13.6. The normalized spacial score (nSPS) is 18.5. The van der Waals surface area contributed by atoms with Crippen molar-refractivity contribution in [3.05, 3.63) is 65.4 Å². The molecule has 7 nitrogen and oxygen atoms in total. The molecule has 3 atom stereocenters. The number of aliphatic hydroxyl groups is 1. The lowest BCUT2D eigenvalue weighted by Crippen LogP contribution is -2.48. The Morgan fingerprint density at radius 2 is 2.03 bits per heavy atom. The lowest BCUT2D eigenvalue weighted by atomic mass is 10.00. The van der Waals surface area contributed by atoms with Gasteiger partial charge in [-0.05, 0) is 55.8 Å². The van der Waals surface area contributed by atoms with Crippen LogP contribution in [0.4, 0.5) is 5.69 Å². The van der Waals surface area contributed by atoms with E-state index < -0.39 is 21.9 Å². The van der Waals surface area contributed by atoms with Gasteiger partial charge in [0.2, 0.25) is 0 Å². The number of hydrogen-bond donors (Lipinski definition) is 3. The molecule has 0 fully saturated rings. The average molecular weight is 521 g/mol. The van der Waals surface area contributed by atoms with Gasteiger partial charge in [-0.15, -0.1) is 5.92 Å². The second kappa shape index (κ2) is 11.4. The fraction of sp³-hybridized carbons (Fsp3) is 0.379. The quantitative estimate of drug-likeness (QED) is 0.230. The largest absolute Gasteiger partial charge is 0.390 e. The number of nitrogens with zero attached hydrogens (tertiary/aromatic N) is 2. The number of anilines is 1. The topological polar surface area (TPSA) is 86.6 Å². The van der Waals surface area contributed by atoms with Gasteiger partial charge in [0.05, 0.1) is 29.9 Å². The van der Waals surface area contributed by atoms with Gasteiger partial charge in [-0.1, -0.05) is 36.3 Å². The van der Waals surface area contributed by atoms with Crippen LogP contribution in [0.1, 0.15) is 35.3 Å². The Bertz CT molecular complexity index is 1430. The zero-order valence-corrected chi connectivity index (χ0v) is 22.6. The van der Waals surface area contributed by atoms with Crippen LogP contribution in [0.15, 0.2) is 48.7 Å². The molecule has 4 rings (SSSR count). The van der Waals surface area contributed by atoms with Crippen molar-refractivity contribution in [2.75, 3.05) is 30.2 Å². The first-order valence-electron chi connectivity index (χ1n) is 12.6. The molecular formula is C29H36N4O3S. The molecule has 0 bridgehead atoms. The number of rotatable bonds is 9. The van der Waals surface area contributed by atoms with E-state index in [1.165, 1.54) is 0 Å². The van der Waals surface area contributed by atoms with Crippen LogP contribution in [-0.4, -0.2) is 63.7 Å². The molecule has 1 aliphatic rings. The molecule has 1 aliphatic heterocycles. The molecule has 2 heterocycles. The summed E-state index contributed by atoms with van der Waals surface area (Å²) in [5, 5.41) is 18.2. The second-order valence-corrected chi connectivity index (χ2v) is 11.9. The highest BCUT2D eigenvalue weighted by atomic mass is 32.2. The molecule has 1 unspecified atom stereocenters. The predicted octanol–water partition coefficient (Wildman–Crippen LogP) is 2.60. The minimum atomic E-state index is -2.50. The van der Waals surface area contributed by atoms with Crippen LogP contribution in [0.3, 0.4) is 0 Å². The van der Waals surface area contributed by atoms with Crippen molar-refractivity contribution >= 4 is 38.1 Å². The molecule has 3 aromatic rings. The highest BCUT2D eigenvalue weighted by molar-refractivity contribution is 8.01. The van der Waals surface area contributed by atoms with Crippen molar-refractivity contribution in [1.29, 1.82) is 0 Å². The maximum atomic E-state index is 13.6. The third-order valence-electron chi connectivity index (χ3n) is 6.99. The number of aliphatic hydroxyl groups excluding tert-OH is 1. The lowest BCUT2D eigenvalue weighted by molar-refractivity contribution is 0.0833. The van der Waals surface area contributed by atoms with Gasteiger partial charge in [-0.3, -0.25) is 4.79 Å². The number of carbonyl (C=O) groups excluding carboxylic acids is 1. The maximum Gasteiger partial charge on any atom is 0.251 e. The molecule has 196 valence electrons. The van der Waals surface area contributed by atoms with Crippen molar-refractivity contribution < 1.29 is 14.1 Å². The van der Waals surface area contributed by atoms with Gasteiger partial charge in [-0.2, -0.15) is 0 Å². The van der Waals surface area contributed by atoms with Crippen LogP contribution in [0.25, 0.3) is 10.9 Å². The van der Waals surface area contributed by atoms with Gasteiger partial charge in [0.25, 0.3) is 5.91 Å². The minimum absolute atomic E-state index is 0.287. The summed E-state index contributed by atoms with van der Waals surface area (Å²) in [6.07, 6.45) is 2.43. The summed E-state index contributed by atoms with van der Waals surface area (Å²) in [5.74, 6) is 9.92. The lowest BCUT2D eigenvalue weighted by Gasteiger charge is -2.26. The van der Waals surface area contributed by atoms with E-state index in [1.54, 1.807) is 24.3 Å². The van der Waals surface area contributed by atoms with E-state index in [0.29, 0.717) is 37.2 Å². The molecule has 8 heteroatoms. The highest BCUT2D eigenvalue weighted by Crippen LogP contribution is 2.36. The number of aromatic nitrogens is 1. The van der Waals surface area contributed by atoms with Crippen LogP contribution < -0.4 is 14.9 Å². The Kier molecular flexibility index (Phi) is 8.28. The van der Waals surface area contributed by atoms with E-state index in [9.17, 15) is 14.1 Å². The predicted molar refractivity (Wildman–Crippen MR) is 154 cm³/mol. The Hall–Kier alpha value is -3.25.